The van der Waals surface area contributed by atoms with Gasteiger partial charge in [-0.3, -0.25) is 0 Å². The van der Waals surface area contributed by atoms with E-state index in [0.29, 0.717) is 5.56 Å². The Labute approximate surface area is 52.6 Å². The molecule has 0 saturated heterocycles. The monoisotopic (exact) mass is 122 g/mol. The molecular weight excluding hydrogens is 116 g/mol. The molecule has 0 radical (unpaired) electrons. The lowest BCUT2D eigenvalue weighted by Gasteiger charge is -1.85. The van der Waals surface area contributed by atoms with E-state index in [1.165, 1.54) is 0 Å². The number of aromatic hydroxyl groups is 1. The van der Waals surface area contributed by atoms with E-state index in [1.54, 1.807) is 12.3 Å². The van der Waals surface area contributed by atoms with E-state index in [0.717, 1.165) is 0 Å². The quantitative estimate of drug-likeness (QED) is 0.578. The topological polar surface area (TPSA) is 59.8 Å². The first-order chi connectivity index (χ1) is 4.34. The van der Waals surface area contributed by atoms with E-state index in [-0.39, 0.29) is 12.3 Å². The molecule has 9 heavy (non-hydrogen) atoms. The molecule has 1 rings (SSSR count). The summed E-state index contributed by atoms with van der Waals surface area (Å²) in [5.74, 6) is 0.0940. The van der Waals surface area contributed by atoms with Gasteiger partial charge in [-0.2, -0.15) is 5.26 Å². The Morgan fingerprint density at radius 2 is 2.56 bits per heavy atom. The lowest BCUT2D eigenvalue weighted by molar-refractivity contribution is 0.452. The Balaban J connectivity index is 2.84. The highest BCUT2D eigenvalue weighted by Gasteiger charge is 1.97. The number of nitrogens with one attached hydrogen (secondary N) is 1. The molecule has 1 heterocycles. The van der Waals surface area contributed by atoms with Crippen LogP contribution in [-0.2, 0) is 6.42 Å². The van der Waals surface area contributed by atoms with Gasteiger partial charge in [0.1, 0.15) is 0 Å². The van der Waals surface area contributed by atoms with E-state index in [1.807, 2.05) is 6.07 Å². The van der Waals surface area contributed by atoms with Gasteiger partial charge in [0.2, 0.25) is 0 Å². The molecule has 1 aromatic heterocycles. The van der Waals surface area contributed by atoms with Crippen molar-refractivity contribution in [3.8, 4) is 11.9 Å². The number of hydrogen-bond donors (Lipinski definition) is 2. The van der Waals surface area contributed by atoms with Crippen LogP contribution >= 0.6 is 0 Å². The normalized spacial score (nSPS) is 8.78. The van der Waals surface area contributed by atoms with Crippen LogP contribution in [0, 0.1) is 11.3 Å². The van der Waals surface area contributed by atoms with E-state index in [2.05, 4.69) is 4.98 Å². The predicted octanol–water partition coefficient (Wildman–Crippen LogP) is 0.786. The lowest BCUT2D eigenvalue weighted by atomic mass is 10.2. The van der Waals surface area contributed by atoms with Crippen molar-refractivity contribution in [3.05, 3.63) is 17.8 Å². The molecule has 0 aliphatic heterocycles. The van der Waals surface area contributed by atoms with Crippen molar-refractivity contribution in [1.82, 2.24) is 4.98 Å². The fourth-order valence-corrected chi connectivity index (χ4v) is 0.621. The number of hydrogen-bond acceptors (Lipinski definition) is 2. The van der Waals surface area contributed by atoms with Crippen molar-refractivity contribution < 1.29 is 5.11 Å². The Hall–Kier alpha value is -1.43. The second-order valence-electron chi connectivity index (χ2n) is 1.69. The van der Waals surface area contributed by atoms with E-state index in [4.69, 9.17) is 10.4 Å². The van der Waals surface area contributed by atoms with Gasteiger partial charge in [0.15, 0.2) is 5.88 Å². The number of aromatic amines is 1. The minimum Gasteiger partial charge on any atom is -0.494 e. The summed E-state index contributed by atoms with van der Waals surface area (Å²) in [6.45, 7) is 0. The standard InChI is InChI=1S/C6H6N2O/c7-3-1-5-2-4-8-6(5)9/h2,4,8-9H,1H2. The van der Waals surface area contributed by atoms with Gasteiger partial charge in [-0.15, -0.1) is 0 Å². The van der Waals surface area contributed by atoms with Gasteiger partial charge >= 0.3 is 0 Å². The molecule has 0 amide bonds. The number of rotatable bonds is 1. The first-order valence-corrected chi connectivity index (χ1v) is 2.57. The zero-order valence-corrected chi connectivity index (χ0v) is 4.76. The molecule has 0 aliphatic rings. The van der Waals surface area contributed by atoms with Gasteiger partial charge in [0.05, 0.1) is 12.5 Å². The number of H-pyrrole nitrogens is 1. The summed E-state index contributed by atoms with van der Waals surface area (Å²) in [5.41, 5.74) is 0.650. The summed E-state index contributed by atoms with van der Waals surface area (Å²) >= 11 is 0. The van der Waals surface area contributed by atoms with Crippen molar-refractivity contribution in [1.29, 1.82) is 5.26 Å². The van der Waals surface area contributed by atoms with Crippen molar-refractivity contribution in [2.24, 2.45) is 0 Å². The maximum absolute atomic E-state index is 8.87. The van der Waals surface area contributed by atoms with Gasteiger partial charge in [0.25, 0.3) is 0 Å². The van der Waals surface area contributed by atoms with Crippen molar-refractivity contribution >= 4 is 0 Å². The number of aromatic nitrogens is 1. The first-order valence-electron chi connectivity index (χ1n) is 2.57. The first kappa shape index (κ1) is 5.70. The van der Waals surface area contributed by atoms with Crippen molar-refractivity contribution in [3.63, 3.8) is 0 Å². The third-order valence-corrected chi connectivity index (χ3v) is 1.08. The molecule has 3 nitrogen and oxygen atoms in total. The fraction of sp³-hybridized carbons (Fsp3) is 0.167. The minimum atomic E-state index is 0.0940. The van der Waals surface area contributed by atoms with Crippen LogP contribution in [0.3, 0.4) is 0 Å². The molecule has 3 heteroatoms. The summed E-state index contributed by atoms with van der Waals surface area (Å²) in [7, 11) is 0. The smallest absolute Gasteiger partial charge is 0.192 e. The van der Waals surface area contributed by atoms with Crippen molar-refractivity contribution in [2.75, 3.05) is 0 Å². The Morgan fingerprint density at radius 1 is 1.78 bits per heavy atom. The SMILES string of the molecule is N#CCc1cc[nH]c1O. The second kappa shape index (κ2) is 2.23. The maximum Gasteiger partial charge on any atom is 0.192 e. The summed E-state index contributed by atoms with van der Waals surface area (Å²) in [5, 5.41) is 17.1. The van der Waals surface area contributed by atoms with Crippen LogP contribution in [-0.4, -0.2) is 10.1 Å². The fourth-order valence-electron chi connectivity index (χ4n) is 0.621. The molecule has 0 atom stereocenters. The third kappa shape index (κ3) is 1.03. The Morgan fingerprint density at radius 3 is 3.00 bits per heavy atom. The summed E-state index contributed by atoms with van der Waals surface area (Å²) in [6, 6.07) is 3.61. The maximum atomic E-state index is 8.87. The predicted molar refractivity (Wildman–Crippen MR) is 31.8 cm³/mol. The van der Waals surface area contributed by atoms with Crippen LogP contribution in [0.4, 0.5) is 0 Å². The lowest BCUT2D eigenvalue weighted by Crippen LogP contribution is -1.75. The van der Waals surface area contributed by atoms with E-state index in [9.17, 15) is 0 Å². The van der Waals surface area contributed by atoms with Gasteiger partial charge in [-0.1, -0.05) is 0 Å². The largest absolute Gasteiger partial charge is 0.494 e. The van der Waals surface area contributed by atoms with E-state index < -0.39 is 0 Å². The van der Waals surface area contributed by atoms with Crippen molar-refractivity contribution in [2.45, 2.75) is 6.42 Å². The summed E-state index contributed by atoms with van der Waals surface area (Å²) in [4.78, 5) is 2.56. The molecule has 0 fully saturated rings. The molecule has 0 spiro atoms. The van der Waals surface area contributed by atoms with Crippen LogP contribution in [0.2, 0.25) is 0 Å². The molecule has 0 bridgehead atoms. The van der Waals surface area contributed by atoms with Crippen LogP contribution in [0.25, 0.3) is 0 Å². The highest BCUT2D eigenvalue weighted by Crippen LogP contribution is 2.12. The molecule has 46 valence electrons. The van der Waals surface area contributed by atoms with Gasteiger partial charge in [-0.25, -0.2) is 0 Å². The third-order valence-electron chi connectivity index (χ3n) is 1.08. The molecule has 0 aliphatic carbocycles. The summed E-state index contributed by atoms with van der Waals surface area (Å²) in [6.07, 6.45) is 1.86. The van der Waals surface area contributed by atoms with Crippen LogP contribution < -0.4 is 0 Å². The molecule has 0 saturated carbocycles. The zero-order valence-electron chi connectivity index (χ0n) is 4.76. The number of nitriles is 1. The van der Waals surface area contributed by atoms with Gasteiger partial charge < -0.3 is 10.1 Å². The van der Waals surface area contributed by atoms with Gasteiger partial charge in [-0.05, 0) is 6.07 Å². The minimum absolute atomic E-state index is 0.0940. The Bertz CT molecular complexity index is 233. The number of nitrogens with zero attached hydrogens (tertiary/aromatic N) is 1. The molecule has 0 unspecified atom stereocenters. The molecular formula is C6H6N2O. The van der Waals surface area contributed by atoms with Crippen LogP contribution in [0.5, 0.6) is 5.88 Å². The average molecular weight is 122 g/mol. The summed E-state index contributed by atoms with van der Waals surface area (Å²) < 4.78 is 0. The Kier molecular flexibility index (Phi) is 1.41. The molecule has 1 aromatic rings. The second-order valence-corrected chi connectivity index (χ2v) is 1.69. The van der Waals surface area contributed by atoms with Crippen LogP contribution in [0.15, 0.2) is 12.3 Å². The average Bonchev–Trinajstić information content (AvgIpc) is 2.18. The highest BCUT2D eigenvalue weighted by molar-refractivity contribution is 5.27. The van der Waals surface area contributed by atoms with E-state index >= 15 is 0 Å². The molecule has 2 N–H and O–H groups in total. The highest BCUT2D eigenvalue weighted by atomic mass is 16.3. The van der Waals surface area contributed by atoms with Gasteiger partial charge in [0, 0.05) is 11.8 Å². The zero-order chi connectivity index (χ0) is 6.69. The molecule has 0 aromatic carbocycles. The van der Waals surface area contributed by atoms with Crippen LogP contribution in [0.1, 0.15) is 5.56 Å².